The van der Waals surface area contributed by atoms with Gasteiger partial charge in [0.05, 0.1) is 0 Å². The van der Waals surface area contributed by atoms with Crippen LogP contribution < -0.4 is 16.0 Å². The summed E-state index contributed by atoms with van der Waals surface area (Å²) in [5.41, 5.74) is 1.30. The Balaban J connectivity index is 1.70. The number of urea groups is 1. The zero-order chi connectivity index (χ0) is 16.7. The lowest BCUT2D eigenvalue weighted by Gasteiger charge is -2.08. The Morgan fingerprint density at radius 2 is 1.52 bits per heavy atom. The van der Waals surface area contributed by atoms with E-state index in [0.29, 0.717) is 30.3 Å². The molecular weight excluding hydrogens is 298 g/mol. The summed E-state index contributed by atoms with van der Waals surface area (Å²) in [5.74, 6) is -0.998. The summed E-state index contributed by atoms with van der Waals surface area (Å²) in [5, 5.41) is 16.8. The van der Waals surface area contributed by atoms with Crippen molar-refractivity contribution in [3.63, 3.8) is 0 Å². The van der Waals surface area contributed by atoms with Crippen LogP contribution in [0.25, 0.3) is 0 Å². The van der Waals surface area contributed by atoms with E-state index >= 15 is 0 Å². The molecule has 3 amide bonds. The lowest BCUT2D eigenvalue weighted by Crippen LogP contribution is -2.30. The van der Waals surface area contributed by atoms with Gasteiger partial charge in [-0.15, -0.1) is 0 Å². The Labute approximate surface area is 134 Å². The Bertz CT molecular complexity index is 567. The fourth-order valence-corrected chi connectivity index (χ4v) is 2.00. The fraction of sp³-hybridized carbons (Fsp3) is 0.438. The summed E-state index contributed by atoms with van der Waals surface area (Å²) in [7, 11) is 0. The van der Waals surface area contributed by atoms with Crippen molar-refractivity contribution in [3.8, 4) is 0 Å². The quantitative estimate of drug-likeness (QED) is 0.552. The molecule has 23 heavy (non-hydrogen) atoms. The SMILES string of the molecule is O=C(O)CCCCC(=O)Nc1ccc(NC(=O)NC2CC2)cc1. The molecule has 7 nitrogen and oxygen atoms in total. The third kappa shape index (κ3) is 6.82. The first kappa shape index (κ1) is 16.8. The number of nitrogens with one attached hydrogen (secondary N) is 3. The Morgan fingerprint density at radius 3 is 2.09 bits per heavy atom. The van der Waals surface area contributed by atoms with Crippen molar-refractivity contribution >= 4 is 29.3 Å². The number of benzene rings is 1. The topological polar surface area (TPSA) is 108 Å². The molecule has 1 saturated carbocycles. The second-order valence-electron chi connectivity index (χ2n) is 5.60. The van der Waals surface area contributed by atoms with Gasteiger partial charge in [0.1, 0.15) is 0 Å². The third-order valence-corrected chi connectivity index (χ3v) is 3.38. The molecular formula is C16H21N3O4. The van der Waals surface area contributed by atoms with Gasteiger partial charge < -0.3 is 21.1 Å². The van der Waals surface area contributed by atoms with Crippen LogP contribution in [-0.4, -0.2) is 29.1 Å². The second kappa shape index (κ2) is 8.17. The van der Waals surface area contributed by atoms with Gasteiger partial charge in [-0.1, -0.05) is 0 Å². The van der Waals surface area contributed by atoms with Crippen molar-refractivity contribution < 1.29 is 19.5 Å². The van der Waals surface area contributed by atoms with Gasteiger partial charge in [-0.05, 0) is 49.9 Å². The van der Waals surface area contributed by atoms with Crippen LogP contribution in [0, 0.1) is 0 Å². The maximum atomic E-state index is 11.7. The van der Waals surface area contributed by atoms with Crippen LogP contribution in [0.2, 0.25) is 0 Å². The molecule has 7 heteroatoms. The van der Waals surface area contributed by atoms with Crippen LogP contribution in [0.5, 0.6) is 0 Å². The van der Waals surface area contributed by atoms with Crippen molar-refractivity contribution in [1.29, 1.82) is 0 Å². The average molecular weight is 319 g/mol. The van der Waals surface area contributed by atoms with E-state index in [2.05, 4.69) is 16.0 Å². The van der Waals surface area contributed by atoms with E-state index in [1.807, 2.05) is 0 Å². The van der Waals surface area contributed by atoms with Crippen LogP contribution in [0.15, 0.2) is 24.3 Å². The Kier molecular flexibility index (Phi) is 5.96. The van der Waals surface area contributed by atoms with E-state index in [0.717, 1.165) is 12.8 Å². The molecule has 0 unspecified atom stereocenters. The highest BCUT2D eigenvalue weighted by Crippen LogP contribution is 2.19. The molecule has 0 aromatic heterocycles. The molecule has 1 aliphatic rings. The van der Waals surface area contributed by atoms with Crippen LogP contribution >= 0.6 is 0 Å². The van der Waals surface area contributed by atoms with Gasteiger partial charge >= 0.3 is 12.0 Å². The molecule has 1 aromatic rings. The summed E-state index contributed by atoms with van der Waals surface area (Å²) in [4.78, 5) is 33.7. The maximum Gasteiger partial charge on any atom is 0.319 e. The number of aliphatic carboxylic acids is 1. The van der Waals surface area contributed by atoms with Gasteiger partial charge in [0.25, 0.3) is 0 Å². The molecule has 0 heterocycles. The van der Waals surface area contributed by atoms with E-state index in [9.17, 15) is 14.4 Å². The molecule has 0 spiro atoms. The van der Waals surface area contributed by atoms with Crippen LogP contribution in [-0.2, 0) is 9.59 Å². The summed E-state index contributed by atoms with van der Waals surface area (Å²) < 4.78 is 0. The molecule has 0 saturated heterocycles. The molecule has 124 valence electrons. The number of unbranched alkanes of at least 4 members (excludes halogenated alkanes) is 1. The monoisotopic (exact) mass is 319 g/mol. The molecule has 1 aliphatic carbocycles. The van der Waals surface area contributed by atoms with E-state index in [1.54, 1.807) is 24.3 Å². The van der Waals surface area contributed by atoms with E-state index in [-0.39, 0.29) is 24.8 Å². The predicted octanol–water partition coefficient (Wildman–Crippen LogP) is 2.55. The van der Waals surface area contributed by atoms with Gasteiger partial charge in [-0.2, -0.15) is 0 Å². The number of hydrogen-bond acceptors (Lipinski definition) is 3. The molecule has 0 radical (unpaired) electrons. The average Bonchev–Trinajstić information content (AvgIpc) is 3.29. The van der Waals surface area contributed by atoms with Gasteiger partial charge in [0.15, 0.2) is 0 Å². The number of carbonyl (C=O) groups excluding carboxylic acids is 2. The zero-order valence-electron chi connectivity index (χ0n) is 12.8. The van der Waals surface area contributed by atoms with Crippen LogP contribution in [0.4, 0.5) is 16.2 Å². The normalized spacial score (nSPS) is 13.2. The number of hydrogen-bond donors (Lipinski definition) is 4. The number of carbonyl (C=O) groups is 3. The first-order chi connectivity index (χ1) is 11.0. The predicted molar refractivity (Wildman–Crippen MR) is 86.4 cm³/mol. The maximum absolute atomic E-state index is 11.7. The highest BCUT2D eigenvalue weighted by molar-refractivity contribution is 5.92. The molecule has 4 N–H and O–H groups in total. The highest BCUT2D eigenvalue weighted by Gasteiger charge is 2.23. The van der Waals surface area contributed by atoms with Gasteiger partial charge in [-0.25, -0.2) is 4.79 Å². The number of carboxylic acid groups (broad SMARTS) is 1. The largest absolute Gasteiger partial charge is 0.481 e. The van der Waals surface area contributed by atoms with E-state index in [1.165, 1.54) is 0 Å². The standard InChI is InChI=1S/C16H21N3O4/c20-14(3-1-2-4-15(21)22)17-11-5-7-12(8-6-11)18-16(23)19-13-9-10-13/h5-8,13H,1-4,9-10H2,(H,17,20)(H,21,22)(H2,18,19,23). The Morgan fingerprint density at radius 1 is 0.957 bits per heavy atom. The first-order valence-electron chi connectivity index (χ1n) is 7.72. The number of carboxylic acids is 1. The summed E-state index contributed by atoms with van der Waals surface area (Å²) in [6.07, 6.45) is 3.46. The smallest absolute Gasteiger partial charge is 0.319 e. The van der Waals surface area contributed by atoms with Crippen molar-refractivity contribution in [3.05, 3.63) is 24.3 Å². The van der Waals surface area contributed by atoms with Crippen molar-refractivity contribution in [2.45, 2.75) is 44.6 Å². The lowest BCUT2D eigenvalue weighted by atomic mass is 10.2. The molecule has 1 aromatic carbocycles. The minimum atomic E-state index is -0.848. The first-order valence-corrected chi connectivity index (χ1v) is 7.72. The van der Waals surface area contributed by atoms with Crippen molar-refractivity contribution in [2.75, 3.05) is 10.6 Å². The lowest BCUT2D eigenvalue weighted by molar-refractivity contribution is -0.137. The van der Waals surface area contributed by atoms with Crippen LogP contribution in [0.3, 0.4) is 0 Å². The summed E-state index contributed by atoms with van der Waals surface area (Å²) >= 11 is 0. The highest BCUT2D eigenvalue weighted by atomic mass is 16.4. The van der Waals surface area contributed by atoms with Gasteiger partial charge in [0, 0.05) is 30.3 Å². The van der Waals surface area contributed by atoms with Crippen molar-refractivity contribution in [2.24, 2.45) is 0 Å². The molecule has 1 fully saturated rings. The summed E-state index contributed by atoms with van der Waals surface area (Å²) in [6, 6.07) is 6.93. The van der Waals surface area contributed by atoms with Crippen molar-refractivity contribution in [1.82, 2.24) is 5.32 Å². The molecule has 2 rings (SSSR count). The number of anilines is 2. The fourth-order valence-electron chi connectivity index (χ4n) is 2.00. The number of amides is 3. The molecule has 0 atom stereocenters. The molecule has 0 aliphatic heterocycles. The van der Waals surface area contributed by atoms with Gasteiger partial charge in [-0.3, -0.25) is 9.59 Å². The van der Waals surface area contributed by atoms with E-state index < -0.39 is 5.97 Å². The van der Waals surface area contributed by atoms with Crippen LogP contribution in [0.1, 0.15) is 38.5 Å². The van der Waals surface area contributed by atoms with E-state index in [4.69, 9.17) is 5.11 Å². The zero-order valence-corrected chi connectivity index (χ0v) is 12.8. The Hall–Kier alpha value is -2.57. The number of rotatable bonds is 8. The minimum absolute atomic E-state index is 0.0799. The van der Waals surface area contributed by atoms with Gasteiger partial charge in [0.2, 0.25) is 5.91 Å². The second-order valence-corrected chi connectivity index (χ2v) is 5.60. The molecule has 0 bridgehead atoms. The summed E-state index contributed by atoms with van der Waals surface area (Å²) in [6.45, 7) is 0. The minimum Gasteiger partial charge on any atom is -0.481 e. The third-order valence-electron chi connectivity index (χ3n) is 3.38.